The smallest absolute Gasteiger partial charge is 0.226 e. The Hall–Kier alpha value is -2.23. The van der Waals surface area contributed by atoms with Gasteiger partial charge in [-0.25, -0.2) is 17.8 Å². The Morgan fingerprint density at radius 3 is 2.16 bits per heavy atom. The highest BCUT2D eigenvalue weighted by atomic mass is 32.2. The van der Waals surface area contributed by atoms with Gasteiger partial charge in [0.25, 0.3) is 0 Å². The zero-order valence-corrected chi connectivity index (χ0v) is 23.1. The van der Waals surface area contributed by atoms with Gasteiger partial charge in [0, 0.05) is 11.5 Å². The van der Waals surface area contributed by atoms with Gasteiger partial charge in [0.2, 0.25) is 15.7 Å². The number of hydrogen-bond acceptors (Lipinski definition) is 5. The number of aromatic nitrogens is 1. The molecule has 2 aromatic carbocycles. The van der Waals surface area contributed by atoms with Crippen LogP contribution in [-0.2, 0) is 21.0 Å². The Kier molecular flexibility index (Phi) is 11.2. The van der Waals surface area contributed by atoms with Crippen molar-refractivity contribution in [2.75, 3.05) is 12.9 Å². The average Bonchev–Trinajstić information content (AvgIpc) is 2.88. The Balaban J connectivity index is 1.58. The van der Waals surface area contributed by atoms with Gasteiger partial charge in [-0.15, -0.1) is 0 Å². The summed E-state index contributed by atoms with van der Waals surface area (Å²) in [5.74, 6) is -3.12. The molecule has 0 amide bonds. The molecule has 0 aliphatic carbocycles. The maximum Gasteiger partial charge on any atom is 0.226 e. The number of unbranched alkanes of at least 4 members (excludes halogenated alkanes) is 9. The zero-order valence-electron chi connectivity index (χ0n) is 21.5. The summed E-state index contributed by atoms with van der Waals surface area (Å²) < 4.78 is 72.7. The third kappa shape index (κ3) is 7.88. The SMILES string of the molecule is CCCCCCCCCCCCOc1ccc(S(=O)(=O)c2ccc3cc([S+](C)[O-])ccc3n2)c(F)c1F. The molecular formula is C28H35F2NO4S2. The van der Waals surface area contributed by atoms with Crippen LogP contribution in [0.1, 0.15) is 71.1 Å². The molecule has 3 aromatic rings. The number of sulfone groups is 1. The van der Waals surface area contributed by atoms with Gasteiger partial charge < -0.3 is 9.29 Å². The van der Waals surface area contributed by atoms with Gasteiger partial charge in [0.15, 0.2) is 21.5 Å². The fourth-order valence-corrected chi connectivity index (χ4v) is 5.95. The van der Waals surface area contributed by atoms with E-state index in [1.165, 1.54) is 56.9 Å². The first kappa shape index (κ1) is 29.3. The van der Waals surface area contributed by atoms with Crippen molar-refractivity contribution in [1.29, 1.82) is 0 Å². The van der Waals surface area contributed by atoms with Crippen molar-refractivity contribution in [3.63, 3.8) is 0 Å². The molecule has 0 aliphatic heterocycles. The third-order valence-corrected chi connectivity index (χ3v) is 8.89. The first-order chi connectivity index (χ1) is 17.8. The summed E-state index contributed by atoms with van der Waals surface area (Å²) in [7, 11) is -4.41. The van der Waals surface area contributed by atoms with Crippen LogP contribution in [0.15, 0.2) is 57.3 Å². The van der Waals surface area contributed by atoms with E-state index in [1.54, 1.807) is 18.2 Å². The summed E-state index contributed by atoms with van der Waals surface area (Å²) in [4.78, 5) is 3.90. The van der Waals surface area contributed by atoms with Crippen LogP contribution in [0, 0.1) is 11.6 Å². The normalized spacial score (nSPS) is 12.7. The van der Waals surface area contributed by atoms with Crippen LogP contribution in [0.2, 0.25) is 0 Å². The number of ether oxygens (including phenoxy) is 1. The highest BCUT2D eigenvalue weighted by Crippen LogP contribution is 2.30. The van der Waals surface area contributed by atoms with Gasteiger partial charge in [0.05, 0.1) is 12.1 Å². The Labute approximate surface area is 221 Å². The predicted octanol–water partition coefficient (Wildman–Crippen LogP) is 7.38. The van der Waals surface area contributed by atoms with E-state index >= 15 is 0 Å². The van der Waals surface area contributed by atoms with E-state index in [4.69, 9.17) is 4.74 Å². The number of fused-ring (bicyclic) bond motifs is 1. The van der Waals surface area contributed by atoms with Crippen LogP contribution in [0.4, 0.5) is 8.78 Å². The lowest BCUT2D eigenvalue weighted by molar-refractivity contribution is 0.283. The van der Waals surface area contributed by atoms with Crippen LogP contribution >= 0.6 is 0 Å². The summed E-state index contributed by atoms with van der Waals surface area (Å²) in [5, 5.41) is 0.191. The van der Waals surface area contributed by atoms with Crippen molar-refractivity contribution in [3.8, 4) is 5.75 Å². The molecule has 0 spiro atoms. The van der Waals surface area contributed by atoms with E-state index in [2.05, 4.69) is 11.9 Å². The monoisotopic (exact) mass is 551 g/mol. The Morgan fingerprint density at radius 1 is 0.865 bits per heavy atom. The summed E-state index contributed by atoms with van der Waals surface area (Å²) in [6.07, 6.45) is 13.0. The fraction of sp³-hybridized carbons (Fsp3) is 0.464. The van der Waals surface area contributed by atoms with Gasteiger partial charge in [0.1, 0.15) is 11.2 Å². The summed E-state index contributed by atoms with van der Waals surface area (Å²) >= 11 is -1.20. The zero-order chi connectivity index (χ0) is 26.8. The maximum atomic E-state index is 14.8. The number of benzene rings is 2. The fourth-order valence-electron chi connectivity index (χ4n) is 4.13. The molecule has 9 heteroatoms. The molecule has 1 heterocycles. The van der Waals surface area contributed by atoms with E-state index in [1.807, 2.05) is 0 Å². The van der Waals surface area contributed by atoms with Crippen LogP contribution in [0.25, 0.3) is 10.9 Å². The predicted molar refractivity (Wildman–Crippen MR) is 143 cm³/mol. The van der Waals surface area contributed by atoms with Crippen molar-refractivity contribution in [3.05, 3.63) is 54.1 Å². The summed E-state index contributed by atoms with van der Waals surface area (Å²) in [6, 6.07) is 9.67. The molecule has 0 saturated heterocycles. The molecule has 202 valence electrons. The molecule has 3 rings (SSSR count). The molecule has 1 atom stereocenters. The summed E-state index contributed by atoms with van der Waals surface area (Å²) in [5.41, 5.74) is 0.340. The number of pyridine rings is 1. The molecule has 1 aromatic heterocycles. The highest BCUT2D eigenvalue weighted by Gasteiger charge is 2.27. The van der Waals surface area contributed by atoms with Gasteiger partial charge in [-0.1, -0.05) is 64.7 Å². The van der Waals surface area contributed by atoms with E-state index < -0.39 is 42.6 Å². The Bertz CT molecular complexity index is 1280. The molecule has 37 heavy (non-hydrogen) atoms. The van der Waals surface area contributed by atoms with Gasteiger partial charge in [-0.05, 0) is 54.0 Å². The minimum Gasteiger partial charge on any atom is -0.612 e. The molecule has 0 radical (unpaired) electrons. The topological polar surface area (TPSA) is 79.3 Å². The molecule has 0 saturated carbocycles. The van der Waals surface area contributed by atoms with E-state index in [9.17, 15) is 21.8 Å². The largest absolute Gasteiger partial charge is 0.612 e. The van der Waals surface area contributed by atoms with Crippen molar-refractivity contribution in [1.82, 2.24) is 4.98 Å². The standard InChI is InChI=1S/C28H35F2NO4S2/c1-3-4-5-6-7-8-9-10-11-12-19-35-24-16-17-25(28(30)27(24)29)37(33,34)26-18-13-21-20-22(36(2)32)14-15-23(21)31-26/h13-18,20H,3-12,19H2,1-2H3. The second-order valence-electron chi connectivity index (χ2n) is 9.18. The number of rotatable bonds is 15. The molecule has 1 unspecified atom stereocenters. The molecule has 0 fully saturated rings. The number of hydrogen-bond donors (Lipinski definition) is 0. The first-order valence-corrected chi connectivity index (χ1v) is 15.9. The number of halogens is 2. The van der Waals surface area contributed by atoms with Gasteiger partial charge in [-0.2, -0.15) is 4.39 Å². The molecule has 0 aliphatic rings. The second-order valence-corrected chi connectivity index (χ2v) is 12.4. The Morgan fingerprint density at radius 2 is 1.51 bits per heavy atom. The third-order valence-electron chi connectivity index (χ3n) is 6.30. The second kappa shape index (κ2) is 14.1. The van der Waals surface area contributed by atoms with Crippen molar-refractivity contribution in [2.45, 2.75) is 85.9 Å². The lowest BCUT2D eigenvalue weighted by Crippen LogP contribution is -2.10. The van der Waals surface area contributed by atoms with Crippen LogP contribution in [0.3, 0.4) is 0 Å². The van der Waals surface area contributed by atoms with E-state index in [0.717, 1.165) is 31.4 Å². The lowest BCUT2D eigenvalue weighted by atomic mass is 10.1. The first-order valence-electron chi connectivity index (χ1n) is 12.9. The van der Waals surface area contributed by atoms with Crippen LogP contribution in [0.5, 0.6) is 5.75 Å². The summed E-state index contributed by atoms with van der Waals surface area (Å²) in [6.45, 7) is 2.44. The van der Waals surface area contributed by atoms with E-state index in [-0.39, 0.29) is 12.4 Å². The number of nitrogens with zero attached hydrogens (tertiary/aromatic N) is 1. The minimum atomic E-state index is -4.41. The maximum absolute atomic E-state index is 14.8. The lowest BCUT2D eigenvalue weighted by Gasteiger charge is -2.11. The molecule has 0 N–H and O–H groups in total. The molecular weight excluding hydrogens is 516 g/mol. The van der Waals surface area contributed by atoms with Gasteiger partial charge >= 0.3 is 0 Å². The van der Waals surface area contributed by atoms with Crippen molar-refractivity contribution in [2.24, 2.45) is 0 Å². The average molecular weight is 552 g/mol. The van der Waals surface area contributed by atoms with Crippen molar-refractivity contribution >= 4 is 31.9 Å². The van der Waals surface area contributed by atoms with E-state index in [0.29, 0.717) is 22.2 Å². The van der Waals surface area contributed by atoms with Crippen LogP contribution < -0.4 is 4.74 Å². The van der Waals surface area contributed by atoms with Crippen molar-refractivity contribution < 1.29 is 26.5 Å². The minimum absolute atomic E-state index is 0.232. The van der Waals surface area contributed by atoms with Gasteiger partial charge in [-0.3, -0.25) is 0 Å². The molecule has 0 bridgehead atoms. The molecule has 5 nitrogen and oxygen atoms in total. The quantitative estimate of drug-likeness (QED) is 0.145. The van der Waals surface area contributed by atoms with Crippen LogP contribution in [-0.4, -0.2) is 30.8 Å². The highest BCUT2D eigenvalue weighted by molar-refractivity contribution is 7.91.